The van der Waals surface area contributed by atoms with Gasteiger partial charge in [0.15, 0.2) is 0 Å². The first-order valence-electron chi connectivity index (χ1n) is 7.47. The van der Waals surface area contributed by atoms with E-state index in [-0.39, 0.29) is 5.91 Å². The molecule has 0 saturated heterocycles. The average molecular weight is 284 g/mol. The van der Waals surface area contributed by atoms with E-state index in [2.05, 4.69) is 26.8 Å². The molecule has 5 heteroatoms. The van der Waals surface area contributed by atoms with Crippen LogP contribution in [0.3, 0.4) is 0 Å². The highest BCUT2D eigenvalue weighted by Gasteiger charge is 2.23. The van der Waals surface area contributed by atoms with Crippen LogP contribution in [-0.2, 0) is 6.42 Å². The second-order valence-corrected chi connectivity index (χ2v) is 5.49. The van der Waals surface area contributed by atoms with Gasteiger partial charge in [0.2, 0.25) is 0 Å². The molecule has 110 valence electrons. The highest BCUT2D eigenvalue weighted by Crippen LogP contribution is 2.33. The largest absolute Gasteiger partial charge is 0.350 e. The van der Waals surface area contributed by atoms with Crippen LogP contribution in [0.4, 0.5) is 0 Å². The maximum Gasteiger partial charge on any atom is 0.269 e. The van der Waals surface area contributed by atoms with E-state index in [9.17, 15) is 4.79 Å². The lowest BCUT2D eigenvalue weighted by Crippen LogP contribution is -2.28. The zero-order valence-corrected chi connectivity index (χ0v) is 12.2. The monoisotopic (exact) mass is 284 g/mol. The highest BCUT2D eigenvalue weighted by atomic mass is 16.1. The van der Waals surface area contributed by atoms with Crippen LogP contribution in [0.25, 0.3) is 0 Å². The Balaban J connectivity index is 1.57. The summed E-state index contributed by atoms with van der Waals surface area (Å²) in [6.07, 6.45) is 8.09. The number of hydrogen-bond acceptors (Lipinski definition) is 3. The van der Waals surface area contributed by atoms with Gasteiger partial charge < -0.3 is 9.88 Å². The fourth-order valence-electron chi connectivity index (χ4n) is 2.70. The Labute approximate surface area is 124 Å². The topological polar surface area (TPSA) is 59.8 Å². The van der Waals surface area contributed by atoms with Crippen molar-refractivity contribution in [3.8, 4) is 0 Å². The molecule has 1 saturated carbocycles. The molecule has 21 heavy (non-hydrogen) atoms. The van der Waals surface area contributed by atoms with Gasteiger partial charge in [-0.05, 0) is 38.3 Å². The zero-order chi connectivity index (χ0) is 14.7. The van der Waals surface area contributed by atoms with E-state index in [1.54, 1.807) is 18.3 Å². The molecular weight excluding hydrogens is 264 g/mol. The lowest BCUT2D eigenvalue weighted by Gasteiger charge is -2.29. The van der Waals surface area contributed by atoms with E-state index in [1.807, 2.05) is 12.3 Å². The van der Waals surface area contributed by atoms with Gasteiger partial charge in [-0.1, -0.05) is 6.07 Å². The molecule has 1 fully saturated rings. The van der Waals surface area contributed by atoms with Gasteiger partial charge in [0.25, 0.3) is 5.91 Å². The normalized spacial score (nSPS) is 14.7. The predicted molar refractivity (Wildman–Crippen MR) is 80.1 cm³/mol. The Bertz CT molecular complexity index is 616. The molecule has 1 aliphatic rings. The quantitative estimate of drug-likeness (QED) is 0.916. The van der Waals surface area contributed by atoms with Gasteiger partial charge in [-0.2, -0.15) is 0 Å². The van der Waals surface area contributed by atoms with Crippen molar-refractivity contribution in [2.24, 2.45) is 0 Å². The van der Waals surface area contributed by atoms with Crippen LogP contribution in [0, 0.1) is 6.92 Å². The van der Waals surface area contributed by atoms with Crippen molar-refractivity contribution < 1.29 is 4.79 Å². The minimum Gasteiger partial charge on any atom is -0.350 e. The maximum absolute atomic E-state index is 11.9. The van der Waals surface area contributed by atoms with Crippen LogP contribution < -0.4 is 5.32 Å². The van der Waals surface area contributed by atoms with Crippen LogP contribution in [0.15, 0.2) is 30.6 Å². The number of carbonyl (C=O) groups excluding carboxylic acids is 1. The summed E-state index contributed by atoms with van der Waals surface area (Å²) in [4.78, 5) is 20.5. The minimum absolute atomic E-state index is 0.130. The van der Waals surface area contributed by atoms with Crippen molar-refractivity contribution in [2.75, 3.05) is 6.54 Å². The molecule has 1 N–H and O–H groups in total. The third kappa shape index (κ3) is 2.96. The predicted octanol–water partition coefficient (Wildman–Crippen LogP) is 2.28. The van der Waals surface area contributed by atoms with E-state index >= 15 is 0 Å². The van der Waals surface area contributed by atoms with Crippen molar-refractivity contribution >= 4 is 5.91 Å². The molecular formula is C16H20N4O. The first-order valence-corrected chi connectivity index (χ1v) is 7.47. The molecule has 2 aromatic rings. The van der Waals surface area contributed by atoms with Gasteiger partial charge >= 0.3 is 0 Å². The van der Waals surface area contributed by atoms with Crippen LogP contribution in [0.5, 0.6) is 0 Å². The van der Waals surface area contributed by atoms with Gasteiger partial charge in [-0.3, -0.25) is 9.78 Å². The molecule has 0 spiro atoms. The van der Waals surface area contributed by atoms with Gasteiger partial charge in [0, 0.05) is 37.1 Å². The van der Waals surface area contributed by atoms with Crippen molar-refractivity contribution in [1.29, 1.82) is 0 Å². The zero-order valence-electron chi connectivity index (χ0n) is 12.2. The fourth-order valence-corrected chi connectivity index (χ4v) is 2.70. The summed E-state index contributed by atoms with van der Waals surface area (Å²) in [5, 5.41) is 2.90. The molecule has 1 amide bonds. The number of hydrogen-bond donors (Lipinski definition) is 1. The van der Waals surface area contributed by atoms with Crippen LogP contribution >= 0.6 is 0 Å². The molecule has 2 heterocycles. The molecule has 0 atom stereocenters. The van der Waals surface area contributed by atoms with E-state index in [0.29, 0.717) is 18.3 Å². The first-order chi connectivity index (χ1) is 10.3. The molecule has 0 bridgehead atoms. The third-order valence-electron chi connectivity index (χ3n) is 4.03. The van der Waals surface area contributed by atoms with Gasteiger partial charge in [-0.15, -0.1) is 0 Å². The Morgan fingerprint density at radius 2 is 2.24 bits per heavy atom. The SMILES string of the molecule is Cc1cnc(CCNC(=O)c2ccccn2)n1C1CCC1. The summed E-state index contributed by atoms with van der Waals surface area (Å²) in [6, 6.07) is 5.94. The molecule has 0 aliphatic heterocycles. The van der Waals surface area contributed by atoms with Crippen molar-refractivity contribution in [1.82, 2.24) is 19.9 Å². The first kappa shape index (κ1) is 13.8. The van der Waals surface area contributed by atoms with Crippen LogP contribution in [0.1, 0.15) is 47.3 Å². The number of carbonyl (C=O) groups is 1. The second-order valence-electron chi connectivity index (χ2n) is 5.49. The van der Waals surface area contributed by atoms with Crippen molar-refractivity contribution in [2.45, 2.75) is 38.6 Å². The number of nitrogens with zero attached hydrogens (tertiary/aromatic N) is 3. The van der Waals surface area contributed by atoms with Gasteiger partial charge in [0.1, 0.15) is 11.5 Å². The number of imidazole rings is 1. The molecule has 1 aliphatic carbocycles. The number of aromatic nitrogens is 3. The number of pyridine rings is 1. The maximum atomic E-state index is 11.9. The Morgan fingerprint density at radius 1 is 1.38 bits per heavy atom. The standard InChI is InChI=1S/C16H20N4O/c1-12-11-19-15(20(12)13-5-4-6-13)8-10-18-16(21)14-7-2-3-9-17-14/h2-3,7,9,11,13H,4-6,8,10H2,1H3,(H,18,21). The van der Waals surface area contributed by atoms with Crippen molar-refractivity contribution in [3.05, 3.63) is 47.8 Å². The van der Waals surface area contributed by atoms with Gasteiger partial charge in [0.05, 0.1) is 0 Å². The van der Waals surface area contributed by atoms with Gasteiger partial charge in [-0.25, -0.2) is 4.98 Å². The number of nitrogens with one attached hydrogen (secondary N) is 1. The average Bonchev–Trinajstić information content (AvgIpc) is 2.80. The lowest BCUT2D eigenvalue weighted by atomic mass is 9.92. The molecule has 3 rings (SSSR count). The summed E-state index contributed by atoms with van der Waals surface area (Å²) in [5.41, 5.74) is 1.67. The molecule has 0 aromatic carbocycles. The summed E-state index contributed by atoms with van der Waals surface area (Å²) in [7, 11) is 0. The molecule has 0 radical (unpaired) electrons. The minimum atomic E-state index is -0.130. The third-order valence-corrected chi connectivity index (χ3v) is 4.03. The van der Waals surface area contributed by atoms with E-state index in [1.165, 1.54) is 25.0 Å². The number of amides is 1. The van der Waals surface area contributed by atoms with E-state index in [4.69, 9.17) is 0 Å². The van der Waals surface area contributed by atoms with Crippen molar-refractivity contribution in [3.63, 3.8) is 0 Å². The Hall–Kier alpha value is -2.17. The number of rotatable bonds is 5. The van der Waals surface area contributed by atoms with Crippen LogP contribution in [-0.4, -0.2) is 27.0 Å². The number of aryl methyl sites for hydroxylation is 1. The summed E-state index contributed by atoms with van der Waals surface area (Å²) in [6.45, 7) is 2.68. The summed E-state index contributed by atoms with van der Waals surface area (Å²) in [5.74, 6) is 0.938. The smallest absolute Gasteiger partial charge is 0.269 e. The lowest BCUT2D eigenvalue weighted by molar-refractivity contribution is 0.0949. The van der Waals surface area contributed by atoms with E-state index in [0.717, 1.165) is 12.2 Å². The van der Waals surface area contributed by atoms with E-state index < -0.39 is 0 Å². The second kappa shape index (κ2) is 6.08. The Kier molecular flexibility index (Phi) is 3.99. The summed E-state index contributed by atoms with van der Waals surface area (Å²) < 4.78 is 2.33. The Morgan fingerprint density at radius 3 is 2.90 bits per heavy atom. The highest BCUT2D eigenvalue weighted by molar-refractivity contribution is 5.92. The molecule has 2 aromatic heterocycles. The van der Waals surface area contributed by atoms with Crippen LogP contribution in [0.2, 0.25) is 0 Å². The molecule has 5 nitrogen and oxygen atoms in total. The molecule has 0 unspecified atom stereocenters. The fraction of sp³-hybridized carbons (Fsp3) is 0.438. The summed E-state index contributed by atoms with van der Waals surface area (Å²) >= 11 is 0.